The van der Waals surface area contributed by atoms with Crippen molar-refractivity contribution in [1.82, 2.24) is 5.32 Å². The van der Waals surface area contributed by atoms with Gasteiger partial charge in [0, 0.05) is 12.1 Å². The largest absolute Gasteiger partial charge is 0.396 e. The second-order valence-corrected chi connectivity index (χ2v) is 4.62. The number of carbonyl (C=O) groups excluding carboxylic acids is 1. The summed E-state index contributed by atoms with van der Waals surface area (Å²) >= 11 is 0. The van der Waals surface area contributed by atoms with Crippen molar-refractivity contribution in [1.29, 1.82) is 0 Å². The lowest BCUT2D eigenvalue weighted by atomic mass is 9.98. The normalized spacial score (nSPS) is 14.2. The molecule has 1 atom stereocenters. The van der Waals surface area contributed by atoms with Crippen LogP contribution in [-0.2, 0) is 4.79 Å². The second kappa shape index (κ2) is 5.32. The minimum atomic E-state index is -0.479. The molecule has 0 aliphatic heterocycles. The van der Waals surface area contributed by atoms with Crippen molar-refractivity contribution >= 4 is 5.91 Å². The lowest BCUT2D eigenvalue weighted by Gasteiger charge is -2.28. The lowest BCUT2D eigenvalue weighted by Crippen LogP contribution is -2.52. The molecule has 1 amide bonds. The van der Waals surface area contributed by atoms with Gasteiger partial charge in [-0.15, -0.1) is 0 Å². The van der Waals surface area contributed by atoms with Gasteiger partial charge in [-0.05, 0) is 26.2 Å². The van der Waals surface area contributed by atoms with Crippen molar-refractivity contribution in [3.05, 3.63) is 0 Å². The van der Waals surface area contributed by atoms with E-state index in [4.69, 9.17) is 10.8 Å². The van der Waals surface area contributed by atoms with Gasteiger partial charge in [0.2, 0.25) is 5.91 Å². The van der Waals surface area contributed by atoms with Gasteiger partial charge in [0.1, 0.15) is 0 Å². The smallest absolute Gasteiger partial charge is 0.237 e. The van der Waals surface area contributed by atoms with E-state index in [1.807, 2.05) is 27.7 Å². The van der Waals surface area contributed by atoms with E-state index in [-0.39, 0.29) is 18.4 Å². The molecule has 0 rings (SSSR count). The predicted octanol–water partition coefficient (Wildman–Crippen LogP) is 0.247. The quantitative estimate of drug-likeness (QED) is 0.598. The van der Waals surface area contributed by atoms with E-state index in [0.29, 0.717) is 6.42 Å². The highest BCUT2D eigenvalue weighted by atomic mass is 16.3. The summed E-state index contributed by atoms with van der Waals surface area (Å²) in [5.74, 6) is -0.0293. The van der Waals surface area contributed by atoms with Crippen LogP contribution >= 0.6 is 0 Å². The van der Waals surface area contributed by atoms with Crippen LogP contribution in [0, 0.1) is 5.92 Å². The Morgan fingerprint density at radius 3 is 2.36 bits per heavy atom. The van der Waals surface area contributed by atoms with E-state index in [0.717, 1.165) is 0 Å². The fourth-order valence-corrected chi connectivity index (χ4v) is 1.06. The van der Waals surface area contributed by atoms with Crippen molar-refractivity contribution < 1.29 is 9.90 Å². The van der Waals surface area contributed by atoms with Gasteiger partial charge < -0.3 is 16.2 Å². The number of nitrogens with one attached hydrogen (secondary N) is 1. The fraction of sp³-hybridized carbons (Fsp3) is 0.900. The highest BCUT2D eigenvalue weighted by molar-refractivity contribution is 5.82. The number of hydrogen-bond acceptors (Lipinski definition) is 3. The third-order valence-electron chi connectivity index (χ3n) is 2.22. The topological polar surface area (TPSA) is 75.4 Å². The van der Waals surface area contributed by atoms with Gasteiger partial charge in [-0.3, -0.25) is 4.79 Å². The van der Waals surface area contributed by atoms with Gasteiger partial charge in [-0.25, -0.2) is 0 Å². The van der Waals surface area contributed by atoms with Crippen LogP contribution in [0.25, 0.3) is 0 Å². The molecule has 0 bridgehead atoms. The van der Waals surface area contributed by atoms with E-state index in [1.54, 1.807) is 0 Å². The van der Waals surface area contributed by atoms with Crippen LogP contribution in [-0.4, -0.2) is 29.2 Å². The SMILES string of the molecule is CC(C)[C@H](N)C(=O)NC(C)(C)CCO. The van der Waals surface area contributed by atoms with Gasteiger partial charge in [0.25, 0.3) is 0 Å². The van der Waals surface area contributed by atoms with Crippen LogP contribution < -0.4 is 11.1 Å². The first-order valence-electron chi connectivity index (χ1n) is 4.98. The zero-order chi connectivity index (χ0) is 11.4. The Labute approximate surface area is 85.9 Å². The van der Waals surface area contributed by atoms with Crippen LogP contribution in [0.15, 0.2) is 0 Å². The number of aliphatic hydroxyl groups is 1. The number of nitrogens with two attached hydrogens (primary N) is 1. The molecule has 0 heterocycles. The standard InChI is InChI=1S/C10H22N2O2/c1-7(2)8(11)9(14)12-10(3,4)5-6-13/h7-8,13H,5-6,11H2,1-4H3,(H,12,14)/t8-/m0/s1. The number of aliphatic hydroxyl groups excluding tert-OH is 1. The molecule has 0 aliphatic rings. The zero-order valence-corrected chi connectivity index (χ0v) is 9.50. The first kappa shape index (κ1) is 13.4. The lowest BCUT2D eigenvalue weighted by molar-refractivity contribution is -0.125. The predicted molar refractivity (Wildman–Crippen MR) is 56.7 cm³/mol. The van der Waals surface area contributed by atoms with Gasteiger partial charge in [0.05, 0.1) is 6.04 Å². The summed E-state index contributed by atoms with van der Waals surface area (Å²) < 4.78 is 0. The minimum absolute atomic E-state index is 0.0597. The summed E-state index contributed by atoms with van der Waals surface area (Å²) in [5.41, 5.74) is 5.30. The number of hydrogen-bond donors (Lipinski definition) is 3. The summed E-state index contributed by atoms with van der Waals surface area (Å²) in [4.78, 5) is 11.6. The molecule has 4 nitrogen and oxygen atoms in total. The summed E-state index contributed by atoms with van der Waals surface area (Å²) in [5, 5.41) is 11.6. The minimum Gasteiger partial charge on any atom is -0.396 e. The Hall–Kier alpha value is -0.610. The molecular weight excluding hydrogens is 180 g/mol. The molecule has 0 unspecified atom stereocenters. The molecule has 14 heavy (non-hydrogen) atoms. The molecule has 84 valence electrons. The van der Waals surface area contributed by atoms with Crippen LogP contribution in [0.2, 0.25) is 0 Å². The molecule has 0 saturated carbocycles. The average molecular weight is 202 g/mol. The molecule has 0 aromatic rings. The van der Waals surface area contributed by atoms with Gasteiger partial charge in [-0.2, -0.15) is 0 Å². The highest BCUT2D eigenvalue weighted by Crippen LogP contribution is 2.08. The molecule has 0 aromatic heterocycles. The van der Waals surface area contributed by atoms with E-state index < -0.39 is 11.6 Å². The molecule has 0 radical (unpaired) electrons. The highest BCUT2D eigenvalue weighted by Gasteiger charge is 2.24. The van der Waals surface area contributed by atoms with Gasteiger partial charge >= 0.3 is 0 Å². The molecule has 0 fully saturated rings. The first-order valence-corrected chi connectivity index (χ1v) is 4.98. The van der Waals surface area contributed by atoms with Crippen molar-refractivity contribution in [2.24, 2.45) is 11.7 Å². The molecule has 4 N–H and O–H groups in total. The third-order valence-corrected chi connectivity index (χ3v) is 2.22. The summed E-state index contributed by atoms with van der Waals surface area (Å²) in [7, 11) is 0. The van der Waals surface area contributed by atoms with Gasteiger partial charge in [-0.1, -0.05) is 13.8 Å². The van der Waals surface area contributed by atoms with Crippen LogP contribution in [0.4, 0.5) is 0 Å². The van der Waals surface area contributed by atoms with Crippen LogP contribution in [0.5, 0.6) is 0 Å². The van der Waals surface area contributed by atoms with Crippen molar-refractivity contribution in [2.75, 3.05) is 6.61 Å². The van der Waals surface area contributed by atoms with E-state index in [2.05, 4.69) is 5.32 Å². The van der Waals surface area contributed by atoms with Crippen LogP contribution in [0.1, 0.15) is 34.1 Å². The Morgan fingerprint density at radius 2 is 2.00 bits per heavy atom. The van der Waals surface area contributed by atoms with E-state index in [9.17, 15) is 4.79 Å². The van der Waals surface area contributed by atoms with Crippen molar-refractivity contribution in [3.63, 3.8) is 0 Å². The van der Waals surface area contributed by atoms with Crippen molar-refractivity contribution in [2.45, 2.75) is 45.7 Å². The molecule has 0 spiro atoms. The Kier molecular flexibility index (Phi) is 5.08. The summed E-state index contributed by atoms with van der Waals surface area (Å²) in [6.45, 7) is 7.61. The summed E-state index contributed by atoms with van der Waals surface area (Å²) in [6, 6.07) is -0.479. The molecule has 0 saturated heterocycles. The zero-order valence-electron chi connectivity index (χ0n) is 9.50. The number of rotatable bonds is 5. The van der Waals surface area contributed by atoms with Gasteiger partial charge in [0.15, 0.2) is 0 Å². The van der Waals surface area contributed by atoms with E-state index in [1.165, 1.54) is 0 Å². The first-order chi connectivity index (χ1) is 6.30. The average Bonchev–Trinajstić information content (AvgIpc) is 2.01. The Bertz CT molecular complexity index is 191. The maximum Gasteiger partial charge on any atom is 0.237 e. The second-order valence-electron chi connectivity index (χ2n) is 4.62. The maximum absolute atomic E-state index is 11.6. The monoisotopic (exact) mass is 202 g/mol. The molecular formula is C10H22N2O2. The molecule has 0 aliphatic carbocycles. The number of amides is 1. The Morgan fingerprint density at radius 1 is 1.50 bits per heavy atom. The molecule has 0 aromatic carbocycles. The third kappa shape index (κ3) is 4.58. The molecule has 4 heteroatoms. The Balaban J connectivity index is 4.17. The summed E-state index contributed by atoms with van der Waals surface area (Å²) in [6.07, 6.45) is 0.531. The fourth-order valence-electron chi connectivity index (χ4n) is 1.06. The van der Waals surface area contributed by atoms with Crippen molar-refractivity contribution in [3.8, 4) is 0 Å². The maximum atomic E-state index is 11.6. The van der Waals surface area contributed by atoms with Crippen LogP contribution in [0.3, 0.4) is 0 Å². The van der Waals surface area contributed by atoms with E-state index >= 15 is 0 Å². The number of carbonyl (C=O) groups is 1.